The zero-order valence-corrected chi connectivity index (χ0v) is 14.8. The highest BCUT2D eigenvalue weighted by molar-refractivity contribution is 7.05. The number of fused-ring (bicyclic) bond motifs is 1. The van der Waals surface area contributed by atoms with E-state index in [9.17, 15) is 4.79 Å². The smallest absolute Gasteiger partial charge is 0.304 e. The minimum absolute atomic E-state index is 0.0455. The predicted molar refractivity (Wildman–Crippen MR) is 95.5 cm³/mol. The maximum Gasteiger partial charge on any atom is 0.327 e. The summed E-state index contributed by atoms with van der Waals surface area (Å²) < 4.78 is 6.28. The number of likely N-dealkylation sites (tertiary alicyclic amines) is 1. The van der Waals surface area contributed by atoms with Crippen LogP contribution in [0.4, 0.5) is 0 Å². The average molecular weight is 343 g/mol. The van der Waals surface area contributed by atoms with Gasteiger partial charge in [-0.1, -0.05) is 0 Å². The monoisotopic (exact) mass is 343 g/mol. The molecule has 0 spiro atoms. The Morgan fingerprint density at radius 2 is 2.12 bits per heavy atom. The fourth-order valence-electron chi connectivity index (χ4n) is 3.58. The summed E-state index contributed by atoms with van der Waals surface area (Å²) >= 11 is 1.59. The molecule has 0 amide bonds. The van der Waals surface area contributed by atoms with Crippen LogP contribution in [0.5, 0.6) is 0 Å². The molecule has 0 aromatic carbocycles. The summed E-state index contributed by atoms with van der Waals surface area (Å²) in [5.74, 6) is 0. The fourth-order valence-corrected chi connectivity index (χ4v) is 4.29. The minimum Gasteiger partial charge on any atom is -0.304 e. The highest BCUT2D eigenvalue weighted by atomic mass is 32.1. The minimum atomic E-state index is -0.0455. The van der Waals surface area contributed by atoms with Gasteiger partial charge in [0, 0.05) is 42.3 Å². The lowest BCUT2D eigenvalue weighted by atomic mass is 10.0. The first-order valence-electron chi connectivity index (χ1n) is 8.33. The Kier molecular flexibility index (Phi) is 3.97. The van der Waals surface area contributed by atoms with E-state index in [1.165, 1.54) is 10.4 Å². The molecule has 7 heteroatoms. The van der Waals surface area contributed by atoms with Crippen molar-refractivity contribution in [1.82, 2.24) is 23.8 Å². The highest BCUT2D eigenvalue weighted by Crippen LogP contribution is 2.26. The van der Waals surface area contributed by atoms with Gasteiger partial charge in [0.05, 0.1) is 11.2 Å². The molecule has 1 aliphatic rings. The molecule has 0 saturated carbocycles. The third-order valence-electron chi connectivity index (χ3n) is 4.96. The van der Waals surface area contributed by atoms with Crippen LogP contribution in [-0.2, 0) is 6.54 Å². The summed E-state index contributed by atoms with van der Waals surface area (Å²) in [6.07, 6.45) is 3.69. The zero-order valence-electron chi connectivity index (χ0n) is 14.0. The second-order valence-corrected chi connectivity index (χ2v) is 7.46. The maximum absolute atomic E-state index is 12.3. The van der Waals surface area contributed by atoms with Gasteiger partial charge in [0.15, 0.2) is 5.65 Å². The highest BCUT2D eigenvalue weighted by Gasteiger charge is 2.24. The van der Waals surface area contributed by atoms with Gasteiger partial charge in [0.25, 0.3) is 0 Å². The van der Waals surface area contributed by atoms with Crippen LogP contribution in [0.15, 0.2) is 23.1 Å². The van der Waals surface area contributed by atoms with Gasteiger partial charge in [-0.3, -0.25) is 9.47 Å². The van der Waals surface area contributed by atoms with Crippen molar-refractivity contribution in [2.45, 2.75) is 39.3 Å². The van der Waals surface area contributed by atoms with Crippen molar-refractivity contribution >= 4 is 22.7 Å². The van der Waals surface area contributed by atoms with Crippen LogP contribution in [0.1, 0.15) is 35.0 Å². The zero-order chi connectivity index (χ0) is 16.7. The molecule has 0 radical (unpaired) electrons. The Balaban J connectivity index is 1.50. The van der Waals surface area contributed by atoms with E-state index in [2.05, 4.69) is 33.1 Å². The molecule has 3 aromatic heterocycles. The molecule has 24 heavy (non-hydrogen) atoms. The van der Waals surface area contributed by atoms with Crippen LogP contribution in [0.25, 0.3) is 11.2 Å². The van der Waals surface area contributed by atoms with Gasteiger partial charge in [0.1, 0.15) is 0 Å². The number of imidazole rings is 1. The lowest BCUT2D eigenvalue weighted by Crippen LogP contribution is -2.36. The van der Waals surface area contributed by atoms with Crippen molar-refractivity contribution < 1.29 is 0 Å². The van der Waals surface area contributed by atoms with Crippen LogP contribution in [0, 0.1) is 13.8 Å². The number of aromatic amines is 1. The van der Waals surface area contributed by atoms with E-state index >= 15 is 0 Å². The number of pyridine rings is 1. The van der Waals surface area contributed by atoms with E-state index in [-0.39, 0.29) is 11.7 Å². The molecule has 1 N–H and O–H groups in total. The summed E-state index contributed by atoms with van der Waals surface area (Å²) in [6, 6.07) is 3.98. The predicted octanol–water partition coefficient (Wildman–Crippen LogP) is 2.64. The fraction of sp³-hybridized carbons (Fsp3) is 0.471. The number of hydrogen-bond donors (Lipinski definition) is 1. The van der Waals surface area contributed by atoms with Crippen molar-refractivity contribution in [2.75, 3.05) is 13.1 Å². The number of aryl methyl sites for hydroxylation is 2. The van der Waals surface area contributed by atoms with Crippen molar-refractivity contribution in [3.8, 4) is 0 Å². The van der Waals surface area contributed by atoms with Crippen LogP contribution in [0.2, 0.25) is 0 Å². The second kappa shape index (κ2) is 6.14. The summed E-state index contributed by atoms with van der Waals surface area (Å²) in [4.78, 5) is 23.4. The number of aromatic nitrogens is 4. The van der Waals surface area contributed by atoms with Gasteiger partial charge in [-0.05, 0) is 50.4 Å². The molecule has 0 bridgehead atoms. The molecule has 1 fully saturated rings. The molecule has 3 aromatic rings. The average Bonchev–Trinajstić information content (AvgIpc) is 3.09. The van der Waals surface area contributed by atoms with Gasteiger partial charge in [0.2, 0.25) is 0 Å². The van der Waals surface area contributed by atoms with E-state index in [0.29, 0.717) is 0 Å². The lowest BCUT2D eigenvalue weighted by molar-refractivity contribution is 0.179. The SMILES string of the molecule is Cc1nsc(C)c1CN1CCC(n2c(=O)[nH]c3cccnc32)CC1. The number of piperidine rings is 1. The third kappa shape index (κ3) is 2.67. The molecular formula is C17H21N5OS. The summed E-state index contributed by atoms with van der Waals surface area (Å²) in [5, 5.41) is 0. The van der Waals surface area contributed by atoms with Crippen molar-refractivity contribution in [1.29, 1.82) is 0 Å². The first kappa shape index (κ1) is 15.5. The molecule has 1 saturated heterocycles. The molecule has 1 aliphatic heterocycles. The van der Waals surface area contributed by atoms with Crippen molar-refractivity contribution in [3.63, 3.8) is 0 Å². The quantitative estimate of drug-likeness (QED) is 0.794. The van der Waals surface area contributed by atoms with E-state index < -0.39 is 0 Å². The molecule has 4 heterocycles. The normalized spacial score (nSPS) is 16.9. The van der Waals surface area contributed by atoms with Crippen LogP contribution < -0.4 is 5.69 Å². The van der Waals surface area contributed by atoms with E-state index in [1.807, 2.05) is 16.7 Å². The Labute approximate surface area is 144 Å². The first-order valence-corrected chi connectivity index (χ1v) is 9.10. The number of rotatable bonds is 3. The Hall–Kier alpha value is -1.99. The molecule has 0 unspecified atom stereocenters. The lowest BCUT2D eigenvalue weighted by Gasteiger charge is -2.32. The summed E-state index contributed by atoms with van der Waals surface area (Å²) in [6.45, 7) is 7.17. The molecule has 126 valence electrons. The summed E-state index contributed by atoms with van der Waals surface area (Å²) in [7, 11) is 0. The van der Waals surface area contributed by atoms with Crippen LogP contribution in [-0.4, -0.2) is 36.9 Å². The van der Waals surface area contributed by atoms with Gasteiger partial charge in [-0.15, -0.1) is 0 Å². The third-order valence-corrected chi connectivity index (χ3v) is 5.85. The van der Waals surface area contributed by atoms with Crippen LogP contribution in [0.3, 0.4) is 0 Å². The standard InChI is InChI=1S/C17H21N5OS/c1-11-14(12(2)24-20-11)10-21-8-5-13(6-9-21)22-16-15(19-17(22)23)4-3-7-18-16/h3-4,7,13H,5-6,8-10H2,1-2H3,(H,19,23). The molecule has 4 rings (SSSR count). The molecule has 0 aliphatic carbocycles. The summed E-state index contributed by atoms with van der Waals surface area (Å²) in [5.41, 5.74) is 4.06. The van der Waals surface area contributed by atoms with Crippen molar-refractivity contribution in [2.24, 2.45) is 0 Å². The number of H-pyrrole nitrogens is 1. The topological polar surface area (TPSA) is 66.8 Å². The van der Waals surface area contributed by atoms with Crippen LogP contribution >= 0.6 is 11.5 Å². The van der Waals surface area contributed by atoms with Crippen molar-refractivity contribution in [3.05, 3.63) is 44.9 Å². The van der Waals surface area contributed by atoms with E-state index in [4.69, 9.17) is 0 Å². The molecular weight excluding hydrogens is 322 g/mol. The maximum atomic E-state index is 12.3. The van der Waals surface area contributed by atoms with Gasteiger partial charge >= 0.3 is 5.69 Å². The second-order valence-electron chi connectivity index (χ2n) is 6.48. The van der Waals surface area contributed by atoms with E-state index in [1.54, 1.807) is 17.7 Å². The van der Waals surface area contributed by atoms with Gasteiger partial charge < -0.3 is 4.98 Å². The number of hydrogen-bond acceptors (Lipinski definition) is 5. The Morgan fingerprint density at radius 3 is 2.83 bits per heavy atom. The Morgan fingerprint density at radius 1 is 1.33 bits per heavy atom. The number of nitrogens with one attached hydrogen (secondary N) is 1. The Bertz CT molecular complexity index is 897. The number of nitrogens with zero attached hydrogens (tertiary/aromatic N) is 4. The molecule has 0 atom stereocenters. The molecule has 6 nitrogen and oxygen atoms in total. The van der Waals surface area contributed by atoms with Gasteiger partial charge in [-0.25, -0.2) is 9.78 Å². The van der Waals surface area contributed by atoms with Gasteiger partial charge in [-0.2, -0.15) is 4.37 Å². The first-order chi connectivity index (χ1) is 11.6. The largest absolute Gasteiger partial charge is 0.327 e. The van der Waals surface area contributed by atoms with E-state index in [0.717, 1.165) is 49.3 Å².